The Morgan fingerprint density at radius 1 is 1.14 bits per heavy atom. The number of nitrogens with zero attached hydrogens (tertiary/aromatic N) is 2. The van der Waals surface area contributed by atoms with Crippen LogP contribution >= 0.6 is 23.1 Å². The number of carbonyl (C=O) groups excluding carboxylic acids is 1. The standard InChI is InChI=1S/C21H19N3O2S2/c1-2-17-11-22-19(26-17)13-27-20-12-23-21(28-20)24-18(25)10-14-7-8-15-5-3-4-6-16(15)9-14/h3-9,11-12H,2,10,13H2,1H3,(H,23,24,25). The van der Waals surface area contributed by atoms with Crippen molar-refractivity contribution in [2.24, 2.45) is 0 Å². The molecule has 0 bridgehead atoms. The molecule has 1 amide bonds. The third-order valence-electron chi connectivity index (χ3n) is 4.20. The third kappa shape index (κ3) is 4.61. The van der Waals surface area contributed by atoms with Crippen LogP contribution in [-0.4, -0.2) is 15.9 Å². The fraction of sp³-hybridized carbons (Fsp3) is 0.190. The van der Waals surface area contributed by atoms with Crippen LogP contribution in [0.3, 0.4) is 0 Å². The number of hydrogen-bond donors (Lipinski definition) is 1. The number of aryl methyl sites for hydroxylation is 1. The molecule has 0 aliphatic carbocycles. The number of anilines is 1. The van der Waals surface area contributed by atoms with Gasteiger partial charge in [-0.3, -0.25) is 4.79 Å². The molecule has 0 fully saturated rings. The molecule has 28 heavy (non-hydrogen) atoms. The summed E-state index contributed by atoms with van der Waals surface area (Å²) in [5, 5.41) is 5.80. The van der Waals surface area contributed by atoms with Gasteiger partial charge in [0.2, 0.25) is 11.8 Å². The van der Waals surface area contributed by atoms with Crippen molar-refractivity contribution in [1.82, 2.24) is 9.97 Å². The van der Waals surface area contributed by atoms with Gasteiger partial charge in [0.25, 0.3) is 0 Å². The summed E-state index contributed by atoms with van der Waals surface area (Å²) >= 11 is 3.06. The molecular weight excluding hydrogens is 390 g/mol. The number of aromatic nitrogens is 2. The quantitative estimate of drug-likeness (QED) is 0.418. The number of thioether (sulfide) groups is 1. The summed E-state index contributed by atoms with van der Waals surface area (Å²) in [5.74, 6) is 2.17. The van der Waals surface area contributed by atoms with Crippen molar-refractivity contribution in [2.45, 2.75) is 29.7 Å². The number of hydrogen-bond acceptors (Lipinski definition) is 6. The lowest BCUT2D eigenvalue weighted by atomic mass is 10.1. The van der Waals surface area contributed by atoms with Gasteiger partial charge in [-0.15, -0.1) is 11.8 Å². The maximum atomic E-state index is 12.4. The zero-order valence-corrected chi connectivity index (χ0v) is 17.0. The van der Waals surface area contributed by atoms with Crippen molar-refractivity contribution < 1.29 is 9.21 Å². The number of carbonyl (C=O) groups is 1. The summed E-state index contributed by atoms with van der Waals surface area (Å²) in [4.78, 5) is 20.9. The Morgan fingerprint density at radius 3 is 2.82 bits per heavy atom. The van der Waals surface area contributed by atoms with Crippen molar-refractivity contribution in [3.8, 4) is 0 Å². The molecule has 4 rings (SSSR count). The highest BCUT2D eigenvalue weighted by Crippen LogP contribution is 2.30. The van der Waals surface area contributed by atoms with Gasteiger partial charge in [0, 0.05) is 6.42 Å². The van der Waals surface area contributed by atoms with Gasteiger partial charge in [-0.25, -0.2) is 9.97 Å². The molecule has 2 aromatic heterocycles. The first-order valence-electron chi connectivity index (χ1n) is 8.99. The first-order chi connectivity index (χ1) is 13.7. The summed E-state index contributed by atoms with van der Waals surface area (Å²) in [6.45, 7) is 2.04. The molecule has 0 spiro atoms. The van der Waals surface area contributed by atoms with Gasteiger partial charge in [-0.2, -0.15) is 0 Å². The lowest BCUT2D eigenvalue weighted by molar-refractivity contribution is -0.115. The zero-order valence-electron chi connectivity index (χ0n) is 15.3. The number of amides is 1. The van der Waals surface area contributed by atoms with Gasteiger partial charge in [0.05, 0.1) is 28.8 Å². The minimum absolute atomic E-state index is 0.0681. The van der Waals surface area contributed by atoms with Gasteiger partial charge < -0.3 is 9.73 Å². The minimum atomic E-state index is -0.0681. The molecule has 0 atom stereocenters. The van der Waals surface area contributed by atoms with Crippen molar-refractivity contribution in [3.05, 3.63) is 72.1 Å². The first kappa shape index (κ1) is 18.7. The molecule has 2 aromatic carbocycles. The van der Waals surface area contributed by atoms with E-state index in [1.807, 2.05) is 31.2 Å². The van der Waals surface area contributed by atoms with E-state index in [1.54, 1.807) is 24.2 Å². The summed E-state index contributed by atoms with van der Waals surface area (Å²) in [6.07, 6.45) is 4.69. The summed E-state index contributed by atoms with van der Waals surface area (Å²) < 4.78 is 6.62. The molecular formula is C21H19N3O2S2. The highest BCUT2D eigenvalue weighted by molar-refractivity contribution is 8.00. The molecule has 0 saturated heterocycles. The van der Waals surface area contributed by atoms with Crippen LogP contribution in [0.1, 0.15) is 24.1 Å². The van der Waals surface area contributed by atoms with E-state index in [0.717, 1.165) is 27.3 Å². The van der Waals surface area contributed by atoms with E-state index in [2.05, 4.69) is 33.5 Å². The molecule has 7 heteroatoms. The molecule has 0 saturated carbocycles. The van der Waals surface area contributed by atoms with Gasteiger partial charge in [-0.05, 0) is 16.3 Å². The number of benzene rings is 2. The van der Waals surface area contributed by atoms with Gasteiger partial charge in [-0.1, -0.05) is 60.7 Å². The van der Waals surface area contributed by atoms with Crippen LogP contribution in [-0.2, 0) is 23.4 Å². The van der Waals surface area contributed by atoms with Crippen molar-refractivity contribution in [3.63, 3.8) is 0 Å². The van der Waals surface area contributed by atoms with Crippen LogP contribution < -0.4 is 5.32 Å². The van der Waals surface area contributed by atoms with Crippen LogP contribution in [0, 0.1) is 0 Å². The molecule has 5 nitrogen and oxygen atoms in total. The predicted octanol–water partition coefficient (Wildman–Crippen LogP) is 5.32. The number of nitrogens with one attached hydrogen (secondary N) is 1. The van der Waals surface area contributed by atoms with Crippen molar-refractivity contribution in [2.75, 3.05) is 5.32 Å². The Bertz CT molecular complexity index is 1100. The van der Waals surface area contributed by atoms with E-state index in [1.165, 1.54) is 16.7 Å². The Morgan fingerprint density at radius 2 is 2.00 bits per heavy atom. The van der Waals surface area contributed by atoms with E-state index in [9.17, 15) is 4.79 Å². The molecule has 142 valence electrons. The maximum Gasteiger partial charge on any atom is 0.230 e. The van der Waals surface area contributed by atoms with Crippen LogP contribution in [0.5, 0.6) is 0 Å². The highest BCUT2D eigenvalue weighted by Gasteiger charge is 2.10. The maximum absolute atomic E-state index is 12.4. The average Bonchev–Trinajstić information content (AvgIpc) is 3.35. The summed E-state index contributed by atoms with van der Waals surface area (Å²) in [6, 6.07) is 14.2. The van der Waals surface area contributed by atoms with Crippen LogP contribution in [0.15, 0.2) is 63.5 Å². The Balaban J connectivity index is 1.32. The molecule has 2 heterocycles. The van der Waals surface area contributed by atoms with E-state index in [4.69, 9.17) is 4.42 Å². The van der Waals surface area contributed by atoms with E-state index >= 15 is 0 Å². The van der Waals surface area contributed by atoms with Crippen LogP contribution in [0.4, 0.5) is 5.13 Å². The van der Waals surface area contributed by atoms with E-state index in [0.29, 0.717) is 23.2 Å². The second-order valence-electron chi connectivity index (χ2n) is 6.25. The number of rotatable bonds is 7. The number of fused-ring (bicyclic) bond motifs is 1. The number of oxazole rings is 1. The van der Waals surface area contributed by atoms with E-state index in [-0.39, 0.29) is 5.91 Å². The molecule has 0 aliphatic rings. The molecule has 0 radical (unpaired) electrons. The topological polar surface area (TPSA) is 68.0 Å². The molecule has 1 N–H and O–H groups in total. The second kappa shape index (κ2) is 8.58. The summed E-state index contributed by atoms with van der Waals surface area (Å²) in [5.41, 5.74) is 0.984. The smallest absolute Gasteiger partial charge is 0.230 e. The van der Waals surface area contributed by atoms with Crippen LogP contribution in [0.2, 0.25) is 0 Å². The third-order valence-corrected chi connectivity index (χ3v) is 6.29. The average molecular weight is 410 g/mol. The van der Waals surface area contributed by atoms with Crippen molar-refractivity contribution in [1.29, 1.82) is 0 Å². The summed E-state index contributed by atoms with van der Waals surface area (Å²) in [7, 11) is 0. The van der Waals surface area contributed by atoms with Crippen LogP contribution in [0.25, 0.3) is 10.8 Å². The fourth-order valence-electron chi connectivity index (χ4n) is 2.79. The van der Waals surface area contributed by atoms with Gasteiger partial charge in [0.15, 0.2) is 5.13 Å². The SMILES string of the molecule is CCc1cnc(CSc2cnc(NC(=O)Cc3ccc4ccccc4c3)s2)o1. The molecule has 0 aliphatic heterocycles. The monoisotopic (exact) mass is 409 g/mol. The lowest BCUT2D eigenvalue weighted by Gasteiger charge is -2.04. The zero-order chi connectivity index (χ0) is 19.3. The van der Waals surface area contributed by atoms with E-state index < -0.39 is 0 Å². The minimum Gasteiger partial charge on any atom is -0.445 e. The highest BCUT2D eigenvalue weighted by atomic mass is 32.2. The Hall–Kier alpha value is -2.64. The van der Waals surface area contributed by atoms with Gasteiger partial charge in [0.1, 0.15) is 5.76 Å². The fourth-order valence-corrected chi connectivity index (χ4v) is 4.53. The largest absolute Gasteiger partial charge is 0.445 e. The molecule has 4 aromatic rings. The van der Waals surface area contributed by atoms with Crippen molar-refractivity contribution >= 4 is 44.9 Å². The van der Waals surface area contributed by atoms with Gasteiger partial charge >= 0.3 is 0 Å². The Kier molecular flexibility index (Phi) is 5.73. The normalized spacial score (nSPS) is 11.0. The number of thiazole rings is 1. The molecule has 0 unspecified atom stereocenters. The Labute approximate surface area is 171 Å². The predicted molar refractivity (Wildman–Crippen MR) is 114 cm³/mol. The first-order valence-corrected chi connectivity index (χ1v) is 10.8. The second-order valence-corrected chi connectivity index (χ2v) is 8.56. The lowest BCUT2D eigenvalue weighted by Crippen LogP contribution is -2.14.